The predicted molar refractivity (Wildman–Crippen MR) is 106 cm³/mol. The number of hydrogen-bond acceptors (Lipinski definition) is 6. The predicted octanol–water partition coefficient (Wildman–Crippen LogP) is 2.19. The van der Waals surface area contributed by atoms with Gasteiger partial charge in [-0.15, -0.1) is 0 Å². The molecule has 3 aromatic rings. The Morgan fingerprint density at radius 3 is 2.66 bits per heavy atom. The molecule has 4 rings (SSSR count). The number of amides is 1. The van der Waals surface area contributed by atoms with E-state index in [4.69, 9.17) is 14.5 Å². The maximum atomic E-state index is 13.5. The van der Waals surface area contributed by atoms with Crippen LogP contribution in [0.1, 0.15) is 18.5 Å². The fourth-order valence-electron chi connectivity index (χ4n) is 3.80. The minimum absolute atomic E-state index is 0.196. The first kappa shape index (κ1) is 19.1. The van der Waals surface area contributed by atoms with Gasteiger partial charge in [-0.3, -0.25) is 19.5 Å². The molecule has 2 atom stereocenters. The summed E-state index contributed by atoms with van der Waals surface area (Å²) in [5.74, 6) is -1.43. The van der Waals surface area contributed by atoms with E-state index in [1.165, 1.54) is 4.90 Å². The summed E-state index contributed by atoms with van der Waals surface area (Å²) >= 11 is 0. The van der Waals surface area contributed by atoms with Crippen molar-refractivity contribution in [1.29, 1.82) is 0 Å². The second kappa shape index (κ2) is 8.00. The quantitative estimate of drug-likeness (QED) is 0.471. The number of anilines is 1. The van der Waals surface area contributed by atoms with Gasteiger partial charge >= 0.3 is 5.97 Å². The molecule has 1 aromatic carbocycles. The molecule has 0 saturated carbocycles. The van der Waals surface area contributed by atoms with Gasteiger partial charge in [0.1, 0.15) is 0 Å². The summed E-state index contributed by atoms with van der Waals surface area (Å²) < 4.78 is 12.4. The van der Waals surface area contributed by atoms with Crippen molar-refractivity contribution in [2.75, 3.05) is 31.8 Å². The van der Waals surface area contributed by atoms with Crippen LogP contribution in [0.4, 0.5) is 5.95 Å². The summed E-state index contributed by atoms with van der Waals surface area (Å²) in [4.78, 5) is 36.7. The van der Waals surface area contributed by atoms with Crippen molar-refractivity contribution in [3.63, 3.8) is 0 Å². The van der Waals surface area contributed by atoms with Crippen LogP contribution in [0.25, 0.3) is 11.0 Å². The van der Waals surface area contributed by atoms with E-state index in [2.05, 4.69) is 4.98 Å². The van der Waals surface area contributed by atoms with E-state index in [1.807, 2.05) is 41.0 Å². The largest absolute Gasteiger partial charge is 0.465 e. The van der Waals surface area contributed by atoms with Gasteiger partial charge in [-0.25, -0.2) is 4.98 Å². The number of carbonyl (C=O) groups is 2. The molecule has 0 radical (unpaired) electrons. The molecule has 1 aliphatic rings. The number of benzene rings is 1. The van der Waals surface area contributed by atoms with Crippen molar-refractivity contribution in [2.45, 2.75) is 13.0 Å². The Kier molecular flexibility index (Phi) is 5.26. The monoisotopic (exact) mass is 394 g/mol. The SMILES string of the molecule is CCOC(=O)C1C(=O)N(CCOC)c2nc3ccccc3n2C1c1ccncc1. The fourth-order valence-corrected chi connectivity index (χ4v) is 3.80. The number of pyridine rings is 1. The zero-order chi connectivity index (χ0) is 20.4. The van der Waals surface area contributed by atoms with Crippen LogP contribution in [0.5, 0.6) is 0 Å². The van der Waals surface area contributed by atoms with Crippen LogP contribution >= 0.6 is 0 Å². The highest BCUT2D eigenvalue weighted by molar-refractivity contribution is 6.08. The maximum absolute atomic E-state index is 13.5. The van der Waals surface area contributed by atoms with E-state index < -0.39 is 17.9 Å². The van der Waals surface area contributed by atoms with Crippen LogP contribution in [0.3, 0.4) is 0 Å². The third-order valence-corrected chi connectivity index (χ3v) is 5.05. The van der Waals surface area contributed by atoms with Crippen LogP contribution in [0.2, 0.25) is 0 Å². The highest BCUT2D eigenvalue weighted by atomic mass is 16.5. The lowest BCUT2D eigenvalue weighted by molar-refractivity contribution is -0.153. The van der Waals surface area contributed by atoms with Crippen LogP contribution in [0.15, 0.2) is 48.8 Å². The maximum Gasteiger partial charge on any atom is 0.321 e. The molecular weight excluding hydrogens is 372 g/mol. The van der Waals surface area contributed by atoms with Crippen molar-refractivity contribution in [3.8, 4) is 0 Å². The average molecular weight is 394 g/mol. The van der Waals surface area contributed by atoms with Gasteiger partial charge in [-0.1, -0.05) is 12.1 Å². The Labute approximate surface area is 168 Å². The number of carbonyl (C=O) groups excluding carboxylic acids is 2. The van der Waals surface area contributed by atoms with Gasteiger partial charge in [0.05, 0.1) is 36.8 Å². The first-order valence-electron chi connectivity index (χ1n) is 9.51. The molecule has 3 heterocycles. The highest BCUT2D eigenvalue weighted by Crippen LogP contribution is 2.40. The van der Waals surface area contributed by atoms with Gasteiger partial charge in [0.25, 0.3) is 0 Å². The first-order chi connectivity index (χ1) is 14.2. The van der Waals surface area contributed by atoms with Crippen molar-refractivity contribution in [3.05, 3.63) is 54.4 Å². The molecule has 2 aromatic heterocycles. The Morgan fingerprint density at radius 1 is 1.17 bits per heavy atom. The zero-order valence-electron chi connectivity index (χ0n) is 16.3. The summed E-state index contributed by atoms with van der Waals surface area (Å²) in [7, 11) is 1.57. The molecule has 29 heavy (non-hydrogen) atoms. The molecule has 150 valence electrons. The summed E-state index contributed by atoms with van der Waals surface area (Å²) in [6.45, 7) is 2.54. The highest BCUT2D eigenvalue weighted by Gasteiger charge is 2.47. The molecule has 1 aliphatic heterocycles. The number of aromatic nitrogens is 3. The Bertz CT molecular complexity index is 1030. The summed E-state index contributed by atoms with van der Waals surface area (Å²) in [5.41, 5.74) is 2.39. The van der Waals surface area contributed by atoms with E-state index in [0.717, 1.165) is 16.6 Å². The van der Waals surface area contributed by atoms with Gasteiger partial charge < -0.3 is 14.0 Å². The summed E-state index contributed by atoms with van der Waals surface area (Å²) in [6.07, 6.45) is 3.30. The number of fused-ring (bicyclic) bond motifs is 3. The Hall–Kier alpha value is -3.26. The number of hydrogen-bond donors (Lipinski definition) is 0. The minimum Gasteiger partial charge on any atom is -0.465 e. The number of rotatable bonds is 6. The Morgan fingerprint density at radius 2 is 1.93 bits per heavy atom. The zero-order valence-corrected chi connectivity index (χ0v) is 16.3. The topological polar surface area (TPSA) is 86.5 Å². The molecule has 1 amide bonds. The lowest BCUT2D eigenvalue weighted by atomic mass is 9.90. The molecule has 0 saturated heterocycles. The second-order valence-corrected chi connectivity index (χ2v) is 6.71. The number of esters is 1. The van der Waals surface area contributed by atoms with Crippen molar-refractivity contribution >= 4 is 28.9 Å². The van der Waals surface area contributed by atoms with Crippen LogP contribution in [-0.4, -0.2) is 53.3 Å². The molecule has 8 heteroatoms. The van der Waals surface area contributed by atoms with Gasteiger partial charge in [0.2, 0.25) is 11.9 Å². The molecule has 0 bridgehead atoms. The molecule has 8 nitrogen and oxygen atoms in total. The number of methoxy groups -OCH3 is 1. The van der Waals surface area contributed by atoms with Gasteiger partial charge in [0, 0.05) is 19.5 Å². The van der Waals surface area contributed by atoms with Crippen LogP contribution in [-0.2, 0) is 19.1 Å². The minimum atomic E-state index is -1.03. The molecule has 2 unspecified atom stereocenters. The van der Waals surface area contributed by atoms with E-state index in [0.29, 0.717) is 12.6 Å². The summed E-state index contributed by atoms with van der Waals surface area (Å²) in [6, 6.07) is 10.7. The number of nitrogens with zero attached hydrogens (tertiary/aromatic N) is 4. The lowest BCUT2D eigenvalue weighted by Crippen LogP contribution is -2.51. The first-order valence-corrected chi connectivity index (χ1v) is 9.51. The van der Waals surface area contributed by atoms with E-state index in [9.17, 15) is 9.59 Å². The van der Waals surface area contributed by atoms with Gasteiger partial charge in [0.15, 0.2) is 5.92 Å². The van der Waals surface area contributed by atoms with Crippen LogP contribution < -0.4 is 4.90 Å². The second-order valence-electron chi connectivity index (χ2n) is 6.71. The van der Waals surface area contributed by atoms with Crippen molar-refractivity contribution in [1.82, 2.24) is 14.5 Å². The third kappa shape index (κ3) is 3.25. The van der Waals surface area contributed by atoms with E-state index in [-0.39, 0.29) is 19.1 Å². The van der Waals surface area contributed by atoms with E-state index in [1.54, 1.807) is 26.4 Å². The number of ether oxygens (including phenoxy) is 2. The van der Waals surface area contributed by atoms with Crippen molar-refractivity contribution < 1.29 is 19.1 Å². The smallest absolute Gasteiger partial charge is 0.321 e. The molecule has 0 fully saturated rings. The molecule has 0 spiro atoms. The normalized spacial score (nSPS) is 18.7. The summed E-state index contributed by atoms with van der Waals surface area (Å²) in [5, 5.41) is 0. The van der Waals surface area contributed by atoms with Crippen LogP contribution in [0, 0.1) is 5.92 Å². The molecule has 0 N–H and O–H groups in total. The molecule has 0 aliphatic carbocycles. The standard InChI is InChI=1S/C21H22N4O4/c1-3-29-20(27)17-18(14-8-10-22-11-9-14)25-16-7-5-4-6-15(16)23-21(25)24(19(17)26)12-13-28-2/h4-11,17-18H,3,12-13H2,1-2H3. The van der Waals surface area contributed by atoms with Gasteiger partial charge in [-0.2, -0.15) is 0 Å². The third-order valence-electron chi connectivity index (χ3n) is 5.05. The number of imidazole rings is 1. The Balaban J connectivity index is 1.97. The van der Waals surface area contributed by atoms with E-state index >= 15 is 0 Å². The number of para-hydroxylation sites is 2. The average Bonchev–Trinajstić information content (AvgIpc) is 3.12. The fraction of sp³-hybridized carbons (Fsp3) is 0.333. The van der Waals surface area contributed by atoms with Crippen molar-refractivity contribution in [2.24, 2.45) is 5.92 Å². The molecular formula is C21H22N4O4. The van der Waals surface area contributed by atoms with Gasteiger partial charge in [-0.05, 0) is 36.8 Å². The lowest BCUT2D eigenvalue weighted by Gasteiger charge is -2.37.